The van der Waals surface area contributed by atoms with Crippen LogP contribution >= 0.6 is 0 Å². The zero-order valence-corrected chi connectivity index (χ0v) is 9.03. The van der Waals surface area contributed by atoms with Crippen LogP contribution in [0.4, 0.5) is 4.39 Å². The van der Waals surface area contributed by atoms with Crippen molar-refractivity contribution >= 4 is 5.91 Å². The summed E-state index contributed by atoms with van der Waals surface area (Å²) >= 11 is 0. The Hall–Kier alpha value is -1.58. The molecule has 0 bridgehead atoms. The number of halogens is 1. The minimum atomic E-state index is -0.690. The second-order valence-corrected chi connectivity index (χ2v) is 4.41. The number of aromatic hydroxyl groups is 1. The monoisotopic (exact) mass is 223 g/mol. The fraction of sp³-hybridized carbons (Fsp3) is 0.417. The summed E-state index contributed by atoms with van der Waals surface area (Å²) in [6, 6.07) is 3.71. The molecule has 1 aromatic carbocycles. The van der Waals surface area contributed by atoms with Gasteiger partial charge in [0.15, 0.2) is 0 Å². The van der Waals surface area contributed by atoms with Crippen LogP contribution in [0.2, 0.25) is 0 Å². The highest BCUT2D eigenvalue weighted by molar-refractivity contribution is 5.94. The van der Waals surface area contributed by atoms with E-state index in [-0.39, 0.29) is 17.4 Å². The van der Waals surface area contributed by atoms with Crippen molar-refractivity contribution in [1.29, 1.82) is 0 Å². The Balaban J connectivity index is 2.03. The zero-order chi connectivity index (χ0) is 11.7. The molecule has 0 radical (unpaired) electrons. The van der Waals surface area contributed by atoms with E-state index in [0.29, 0.717) is 5.92 Å². The Morgan fingerprint density at radius 2 is 2.19 bits per heavy atom. The molecular weight excluding hydrogens is 209 g/mol. The predicted molar refractivity (Wildman–Crippen MR) is 57.7 cm³/mol. The summed E-state index contributed by atoms with van der Waals surface area (Å²) in [5.41, 5.74) is -0.0163. The molecule has 0 aliphatic heterocycles. The van der Waals surface area contributed by atoms with Crippen molar-refractivity contribution in [3.63, 3.8) is 0 Å². The second kappa shape index (κ2) is 4.12. The fourth-order valence-electron chi connectivity index (χ4n) is 1.97. The Bertz CT molecular complexity index is 413. The quantitative estimate of drug-likeness (QED) is 0.806. The van der Waals surface area contributed by atoms with Crippen LogP contribution in [0.15, 0.2) is 18.2 Å². The van der Waals surface area contributed by atoms with Crippen molar-refractivity contribution in [3.05, 3.63) is 29.6 Å². The first-order valence-electron chi connectivity index (χ1n) is 5.35. The SMILES string of the molecule is CC1CC(NC(=O)c2ccc(O)cc2F)C1. The number of carbonyl (C=O) groups excluding carboxylic acids is 1. The Morgan fingerprint density at radius 1 is 1.50 bits per heavy atom. The smallest absolute Gasteiger partial charge is 0.254 e. The van der Waals surface area contributed by atoms with Crippen LogP contribution < -0.4 is 5.32 Å². The van der Waals surface area contributed by atoms with Crippen molar-refractivity contribution in [2.75, 3.05) is 0 Å². The number of phenols is 1. The number of phenolic OH excluding ortho intramolecular Hbond substituents is 1. The van der Waals surface area contributed by atoms with E-state index < -0.39 is 11.7 Å². The van der Waals surface area contributed by atoms with E-state index >= 15 is 0 Å². The molecule has 16 heavy (non-hydrogen) atoms. The van der Waals surface area contributed by atoms with E-state index in [2.05, 4.69) is 12.2 Å². The van der Waals surface area contributed by atoms with Gasteiger partial charge in [0.2, 0.25) is 0 Å². The normalized spacial score (nSPS) is 23.6. The van der Waals surface area contributed by atoms with Crippen LogP contribution in [-0.2, 0) is 0 Å². The largest absolute Gasteiger partial charge is 0.508 e. The lowest BCUT2D eigenvalue weighted by molar-refractivity contribution is 0.0892. The third-order valence-electron chi connectivity index (χ3n) is 2.91. The molecule has 0 saturated heterocycles. The summed E-state index contributed by atoms with van der Waals surface area (Å²) in [5, 5.41) is 11.8. The lowest BCUT2D eigenvalue weighted by Crippen LogP contribution is -2.43. The van der Waals surface area contributed by atoms with Gasteiger partial charge in [-0.05, 0) is 30.9 Å². The zero-order valence-electron chi connectivity index (χ0n) is 9.03. The van der Waals surface area contributed by atoms with Gasteiger partial charge < -0.3 is 10.4 Å². The highest BCUT2D eigenvalue weighted by Crippen LogP contribution is 2.26. The maximum Gasteiger partial charge on any atom is 0.254 e. The molecule has 2 rings (SSSR count). The number of hydrogen-bond donors (Lipinski definition) is 2. The standard InChI is InChI=1S/C12H14FNO2/c1-7-4-8(5-7)14-12(16)10-3-2-9(15)6-11(10)13/h2-3,6-8,15H,4-5H2,1H3,(H,14,16). The molecule has 86 valence electrons. The van der Waals surface area contributed by atoms with Crippen molar-refractivity contribution < 1.29 is 14.3 Å². The molecule has 0 aromatic heterocycles. The molecule has 1 aromatic rings. The summed E-state index contributed by atoms with van der Waals surface area (Å²) in [6.45, 7) is 2.11. The van der Waals surface area contributed by atoms with Crippen LogP contribution in [0.25, 0.3) is 0 Å². The van der Waals surface area contributed by atoms with Gasteiger partial charge in [-0.2, -0.15) is 0 Å². The van der Waals surface area contributed by atoms with Gasteiger partial charge in [0.25, 0.3) is 5.91 Å². The van der Waals surface area contributed by atoms with Gasteiger partial charge in [0.05, 0.1) is 5.56 Å². The van der Waals surface area contributed by atoms with E-state index in [1.807, 2.05) is 0 Å². The predicted octanol–water partition coefficient (Wildman–Crippen LogP) is 2.06. The Morgan fingerprint density at radius 3 is 2.75 bits per heavy atom. The minimum Gasteiger partial charge on any atom is -0.508 e. The number of nitrogens with one attached hydrogen (secondary N) is 1. The first kappa shape index (κ1) is 10.9. The average molecular weight is 223 g/mol. The molecular formula is C12H14FNO2. The molecule has 1 saturated carbocycles. The van der Waals surface area contributed by atoms with Crippen LogP contribution in [0.1, 0.15) is 30.1 Å². The molecule has 0 heterocycles. The first-order chi connectivity index (χ1) is 7.56. The van der Waals surface area contributed by atoms with Crippen molar-refractivity contribution in [3.8, 4) is 5.75 Å². The van der Waals surface area contributed by atoms with Gasteiger partial charge in [0, 0.05) is 12.1 Å². The van der Waals surface area contributed by atoms with E-state index in [4.69, 9.17) is 5.11 Å². The summed E-state index contributed by atoms with van der Waals surface area (Å²) in [7, 11) is 0. The third-order valence-corrected chi connectivity index (χ3v) is 2.91. The van der Waals surface area contributed by atoms with Gasteiger partial charge in [-0.3, -0.25) is 4.79 Å². The molecule has 1 aliphatic rings. The number of benzene rings is 1. The van der Waals surface area contributed by atoms with Crippen LogP contribution in [0.5, 0.6) is 5.75 Å². The maximum absolute atomic E-state index is 13.3. The number of rotatable bonds is 2. The molecule has 0 spiro atoms. The van der Waals surface area contributed by atoms with Crippen molar-refractivity contribution in [1.82, 2.24) is 5.32 Å². The lowest BCUT2D eigenvalue weighted by atomic mass is 9.82. The fourth-order valence-corrected chi connectivity index (χ4v) is 1.97. The summed E-state index contributed by atoms with van der Waals surface area (Å²) in [5.74, 6) is -0.638. The van der Waals surface area contributed by atoms with Gasteiger partial charge in [-0.25, -0.2) is 4.39 Å². The van der Waals surface area contributed by atoms with Crippen LogP contribution in [0, 0.1) is 11.7 Å². The van der Waals surface area contributed by atoms with Gasteiger partial charge in [0.1, 0.15) is 11.6 Å². The number of amides is 1. The Kier molecular flexibility index (Phi) is 2.81. The van der Waals surface area contributed by atoms with Gasteiger partial charge >= 0.3 is 0 Å². The first-order valence-corrected chi connectivity index (χ1v) is 5.35. The van der Waals surface area contributed by atoms with Crippen LogP contribution in [-0.4, -0.2) is 17.1 Å². The molecule has 1 amide bonds. The minimum absolute atomic E-state index is 0.0163. The molecule has 1 fully saturated rings. The van der Waals surface area contributed by atoms with E-state index in [1.54, 1.807) is 0 Å². The average Bonchev–Trinajstić information content (AvgIpc) is 2.15. The maximum atomic E-state index is 13.3. The second-order valence-electron chi connectivity index (χ2n) is 4.41. The molecule has 3 nitrogen and oxygen atoms in total. The topological polar surface area (TPSA) is 49.3 Å². The summed E-state index contributed by atoms with van der Waals surface area (Å²) in [6.07, 6.45) is 1.90. The number of carbonyl (C=O) groups is 1. The van der Waals surface area contributed by atoms with E-state index in [0.717, 1.165) is 18.9 Å². The molecule has 2 N–H and O–H groups in total. The highest BCUT2D eigenvalue weighted by Gasteiger charge is 2.27. The van der Waals surface area contributed by atoms with Crippen LogP contribution in [0.3, 0.4) is 0 Å². The van der Waals surface area contributed by atoms with E-state index in [9.17, 15) is 9.18 Å². The lowest BCUT2D eigenvalue weighted by Gasteiger charge is -2.33. The highest BCUT2D eigenvalue weighted by atomic mass is 19.1. The molecule has 1 aliphatic carbocycles. The van der Waals surface area contributed by atoms with Crippen molar-refractivity contribution in [2.24, 2.45) is 5.92 Å². The van der Waals surface area contributed by atoms with E-state index in [1.165, 1.54) is 12.1 Å². The summed E-state index contributed by atoms with van der Waals surface area (Å²) < 4.78 is 13.3. The molecule has 0 atom stereocenters. The summed E-state index contributed by atoms with van der Waals surface area (Å²) in [4.78, 5) is 11.7. The van der Waals surface area contributed by atoms with Gasteiger partial charge in [-0.1, -0.05) is 6.92 Å². The molecule has 0 unspecified atom stereocenters. The Labute approximate surface area is 93.3 Å². The third kappa shape index (κ3) is 2.15. The van der Waals surface area contributed by atoms with Gasteiger partial charge in [-0.15, -0.1) is 0 Å². The molecule has 4 heteroatoms. The van der Waals surface area contributed by atoms with Crippen molar-refractivity contribution in [2.45, 2.75) is 25.8 Å². The number of hydrogen-bond acceptors (Lipinski definition) is 2.